The van der Waals surface area contributed by atoms with E-state index in [0.29, 0.717) is 34.1 Å². The van der Waals surface area contributed by atoms with E-state index in [9.17, 15) is 9.59 Å². The third kappa shape index (κ3) is 3.79. The smallest absolute Gasteiger partial charge is 0.259 e. The van der Waals surface area contributed by atoms with E-state index in [1.165, 1.54) is 7.11 Å². The van der Waals surface area contributed by atoms with Gasteiger partial charge in [-0.3, -0.25) is 14.6 Å². The number of aromatic nitrogens is 1. The van der Waals surface area contributed by atoms with E-state index in [1.54, 1.807) is 47.6 Å². The molecule has 0 saturated carbocycles. The lowest BCUT2D eigenvalue weighted by Gasteiger charge is -2.18. The van der Waals surface area contributed by atoms with Crippen molar-refractivity contribution < 1.29 is 14.3 Å². The minimum atomic E-state index is -0.339. The number of rotatable bonds is 4. The molecule has 2 aromatic carbocycles. The van der Waals surface area contributed by atoms with Crippen molar-refractivity contribution in [1.29, 1.82) is 0 Å². The van der Waals surface area contributed by atoms with Crippen molar-refractivity contribution in [2.75, 3.05) is 23.9 Å². The van der Waals surface area contributed by atoms with Gasteiger partial charge in [-0.25, -0.2) is 0 Å². The number of ether oxygens (including phenoxy) is 1. The summed E-state index contributed by atoms with van der Waals surface area (Å²) in [7, 11) is 1.50. The second-order valence-electron chi connectivity index (χ2n) is 6.58. The molecule has 2 heterocycles. The molecule has 1 aromatic heterocycles. The third-order valence-corrected chi connectivity index (χ3v) is 5.05. The molecule has 0 fully saturated rings. The molecule has 2 amide bonds. The molecule has 0 atom stereocenters. The van der Waals surface area contributed by atoms with E-state index >= 15 is 0 Å². The first-order valence-electron chi connectivity index (χ1n) is 9.06. The summed E-state index contributed by atoms with van der Waals surface area (Å²) in [5.74, 6) is 0.00277. The summed E-state index contributed by atoms with van der Waals surface area (Å²) in [6.45, 7) is 0.593. The van der Waals surface area contributed by atoms with Gasteiger partial charge in [0.1, 0.15) is 5.75 Å². The van der Waals surface area contributed by atoms with Crippen LogP contribution in [0.2, 0.25) is 5.02 Å². The molecule has 7 heteroatoms. The molecule has 1 aliphatic rings. The van der Waals surface area contributed by atoms with Gasteiger partial charge in [0, 0.05) is 40.9 Å². The highest BCUT2D eigenvalue weighted by molar-refractivity contribution is 6.31. The minimum Gasteiger partial charge on any atom is -0.496 e. The van der Waals surface area contributed by atoms with Crippen molar-refractivity contribution in [2.24, 2.45) is 0 Å². The summed E-state index contributed by atoms with van der Waals surface area (Å²) >= 11 is 6.03. The number of carbonyl (C=O) groups excluding carboxylic acids is 2. The second kappa shape index (κ2) is 7.93. The number of hydrogen-bond donors (Lipinski definition) is 1. The number of hydrogen-bond acceptors (Lipinski definition) is 4. The van der Waals surface area contributed by atoms with Crippen LogP contribution in [-0.2, 0) is 6.42 Å². The Labute approximate surface area is 173 Å². The lowest BCUT2D eigenvalue weighted by atomic mass is 10.1. The maximum absolute atomic E-state index is 12.9. The van der Waals surface area contributed by atoms with E-state index in [0.717, 1.165) is 17.7 Å². The molecule has 0 saturated heterocycles. The Hall–Kier alpha value is -3.38. The summed E-state index contributed by atoms with van der Waals surface area (Å²) < 4.78 is 5.25. The van der Waals surface area contributed by atoms with Gasteiger partial charge in [-0.15, -0.1) is 0 Å². The fraction of sp³-hybridized carbons (Fsp3) is 0.136. The number of benzene rings is 2. The van der Waals surface area contributed by atoms with Crippen LogP contribution >= 0.6 is 11.6 Å². The molecule has 3 aromatic rings. The lowest BCUT2D eigenvalue weighted by molar-refractivity contribution is 0.0987. The van der Waals surface area contributed by atoms with Crippen molar-refractivity contribution in [3.63, 3.8) is 0 Å². The largest absolute Gasteiger partial charge is 0.496 e. The van der Waals surface area contributed by atoms with E-state index in [1.807, 2.05) is 18.2 Å². The van der Waals surface area contributed by atoms with Crippen LogP contribution in [0.3, 0.4) is 0 Å². The predicted molar refractivity (Wildman–Crippen MR) is 112 cm³/mol. The molecule has 0 spiro atoms. The Morgan fingerprint density at radius 3 is 2.66 bits per heavy atom. The Balaban J connectivity index is 1.60. The van der Waals surface area contributed by atoms with Crippen LogP contribution in [0.4, 0.5) is 11.4 Å². The fourth-order valence-corrected chi connectivity index (χ4v) is 3.55. The summed E-state index contributed by atoms with van der Waals surface area (Å²) in [5, 5.41) is 3.31. The number of halogens is 1. The fourth-order valence-electron chi connectivity index (χ4n) is 3.37. The monoisotopic (exact) mass is 407 g/mol. The minimum absolute atomic E-state index is 0.0915. The zero-order chi connectivity index (χ0) is 20.4. The van der Waals surface area contributed by atoms with E-state index in [2.05, 4.69) is 10.3 Å². The molecule has 0 radical (unpaired) electrons. The molecule has 29 heavy (non-hydrogen) atoms. The molecule has 1 N–H and O–H groups in total. The summed E-state index contributed by atoms with van der Waals surface area (Å²) in [6, 6.07) is 13.8. The molecule has 0 bridgehead atoms. The average molecular weight is 408 g/mol. The van der Waals surface area contributed by atoms with Gasteiger partial charge in [0.15, 0.2) is 0 Å². The third-order valence-electron chi connectivity index (χ3n) is 4.82. The van der Waals surface area contributed by atoms with Crippen LogP contribution in [0.5, 0.6) is 5.75 Å². The highest BCUT2D eigenvalue weighted by atomic mass is 35.5. The predicted octanol–water partition coefficient (Wildman–Crippen LogP) is 4.20. The van der Waals surface area contributed by atoms with Crippen LogP contribution in [0, 0.1) is 0 Å². The standard InChI is InChI=1S/C22H18ClN3O3/c1-29-20-5-3-16(23)12-18(20)21(27)25-17-4-2-14-8-11-26(19(14)13-17)22(28)15-6-9-24-10-7-15/h2-7,9-10,12-13H,8,11H2,1H3,(H,25,27). The Morgan fingerprint density at radius 1 is 1.10 bits per heavy atom. The van der Waals surface area contributed by atoms with Gasteiger partial charge in [-0.05, 0) is 54.4 Å². The highest BCUT2D eigenvalue weighted by Gasteiger charge is 2.26. The Morgan fingerprint density at radius 2 is 1.90 bits per heavy atom. The normalized spacial score (nSPS) is 12.4. The van der Waals surface area contributed by atoms with E-state index in [4.69, 9.17) is 16.3 Å². The summed E-state index contributed by atoms with van der Waals surface area (Å²) in [6.07, 6.45) is 3.96. The van der Waals surface area contributed by atoms with Crippen LogP contribution < -0.4 is 15.0 Å². The number of nitrogens with one attached hydrogen (secondary N) is 1. The van der Waals surface area contributed by atoms with Crippen molar-refractivity contribution in [1.82, 2.24) is 4.98 Å². The number of fused-ring (bicyclic) bond motifs is 1. The molecule has 0 aliphatic carbocycles. The second-order valence-corrected chi connectivity index (χ2v) is 7.02. The molecular weight excluding hydrogens is 390 g/mol. The lowest BCUT2D eigenvalue weighted by Crippen LogP contribution is -2.28. The van der Waals surface area contributed by atoms with E-state index in [-0.39, 0.29) is 11.8 Å². The number of methoxy groups -OCH3 is 1. The molecule has 6 nitrogen and oxygen atoms in total. The zero-order valence-corrected chi connectivity index (χ0v) is 16.4. The Bertz CT molecular complexity index is 1090. The zero-order valence-electron chi connectivity index (χ0n) is 15.7. The first-order chi connectivity index (χ1) is 14.1. The first-order valence-corrected chi connectivity index (χ1v) is 9.44. The topological polar surface area (TPSA) is 71.5 Å². The van der Waals surface area contributed by atoms with Crippen molar-refractivity contribution in [3.05, 3.63) is 82.6 Å². The average Bonchev–Trinajstić information content (AvgIpc) is 3.17. The Kier molecular flexibility index (Phi) is 5.18. The number of anilines is 2. The molecule has 1 aliphatic heterocycles. The number of carbonyl (C=O) groups is 2. The SMILES string of the molecule is COc1ccc(Cl)cc1C(=O)Nc1ccc2c(c1)N(C(=O)c1ccncc1)CC2. The highest BCUT2D eigenvalue weighted by Crippen LogP contribution is 2.32. The van der Waals surface area contributed by atoms with Gasteiger partial charge in [-0.1, -0.05) is 17.7 Å². The number of pyridine rings is 1. The quantitative estimate of drug-likeness (QED) is 0.703. The van der Waals surface area contributed by atoms with E-state index < -0.39 is 0 Å². The van der Waals surface area contributed by atoms with Gasteiger partial charge in [0.2, 0.25) is 0 Å². The molecule has 0 unspecified atom stereocenters. The molecular formula is C22H18ClN3O3. The van der Waals surface area contributed by atoms with Crippen molar-refractivity contribution in [2.45, 2.75) is 6.42 Å². The maximum Gasteiger partial charge on any atom is 0.259 e. The van der Waals surface area contributed by atoms with Crippen LogP contribution in [0.15, 0.2) is 60.9 Å². The van der Waals surface area contributed by atoms with Gasteiger partial charge < -0.3 is 15.0 Å². The van der Waals surface area contributed by atoms with Crippen LogP contribution in [0.25, 0.3) is 0 Å². The van der Waals surface area contributed by atoms with Crippen molar-refractivity contribution >= 4 is 34.8 Å². The van der Waals surface area contributed by atoms with Gasteiger partial charge in [0.05, 0.1) is 12.7 Å². The van der Waals surface area contributed by atoms with Crippen LogP contribution in [0.1, 0.15) is 26.3 Å². The summed E-state index contributed by atoms with van der Waals surface area (Å²) in [4.78, 5) is 31.3. The van der Waals surface area contributed by atoms with Gasteiger partial charge in [-0.2, -0.15) is 0 Å². The number of nitrogens with zero attached hydrogens (tertiary/aromatic N) is 2. The molecule has 146 valence electrons. The van der Waals surface area contributed by atoms with Gasteiger partial charge in [0.25, 0.3) is 11.8 Å². The van der Waals surface area contributed by atoms with Crippen LogP contribution in [-0.4, -0.2) is 30.5 Å². The first kappa shape index (κ1) is 19.0. The molecule has 4 rings (SSSR count). The van der Waals surface area contributed by atoms with Gasteiger partial charge >= 0.3 is 0 Å². The number of amides is 2. The summed E-state index contributed by atoms with van der Waals surface area (Å²) in [5.41, 5.74) is 3.36. The maximum atomic E-state index is 12.9. The van der Waals surface area contributed by atoms with Crippen molar-refractivity contribution in [3.8, 4) is 5.75 Å².